The van der Waals surface area contributed by atoms with Gasteiger partial charge in [0.2, 0.25) is 0 Å². The van der Waals surface area contributed by atoms with Gasteiger partial charge in [-0.05, 0) is 64.0 Å². The minimum Gasteiger partial charge on any atom is -0.307 e. The summed E-state index contributed by atoms with van der Waals surface area (Å²) < 4.78 is 4.94. The highest BCUT2D eigenvalue weighted by molar-refractivity contribution is 6.25. The molecule has 0 radical (unpaired) electrons. The van der Waals surface area contributed by atoms with Gasteiger partial charge < -0.3 is 9.13 Å². The number of rotatable bonds is 2. The number of hydrogen-bond donors (Lipinski definition) is 0. The summed E-state index contributed by atoms with van der Waals surface area (Å²) in [7, 11) is 0. The Balaban J connectivity index is 1.56. The van der Waals surface area contributed by atoms with Crippen molar-refractivity contribution in [1.82, 2.24) is 9.13 Å². The van der Waals surface area contributed by atoms with Crippen LogP contribution in [-0.2, 0) is 0 Å². The second-order valence-electron chi connectivity index (χ2n) is 10.6. The Morgan fingerprint density at radius 2 is 0.875 bits per heavy atom. The van der Waals surface area contributed by atoms with Gasteiger partial charge in [-0.15, -0.1) is 0 Å². The van der Waals surface area contributed by atoms with Crippen LogP contribution < -0.4 is 0 Å². The van der Waals surface area contributed by atoms with E-state index in [2.05, 4.69) is 155 Å². The molecule has 2 nitrogen and oxygen atoms in total. The molecule has 0 fully saturated rings. The molecular weight excluding hydrogens is 484 g/mol. The average molecular weight is 509 g/mol. The first-order valence-corrected chi connectivity index (χ1v) is 13.8. The second kappa shape index (κ2) is 8.08. The van der Waals surface area contributed by atoms with E-state index < -0.39 is 0 Å². The van der Waals surface area contributed by atoms with Gasteiger partial charge in [0.25, 0.3) is 0 Å². The Morgan fingerprint density at radius 3 is 1.65 bits per heavy atom. The minimum atomic E-state index is 1.17. The van der Waals surface area contributed by atoms with Crippen LogP contribution in [0.3, 0.4) is 0 Å². The molecular formula is C38H24N2. The quantitative estimate of drug-likeness (QED) is 0.220. The summed E-state index contributed by atoms with van der Waals surface area (Å²) in [5.41, 5.74) is 7.25. The lowest BCUT2D eigenvalue weighted by Crippen LogP contribution is -1.98. The first-order chi connectivity index (χ1) is 19.8. The number of hydrogen-bond acceptors (Lipinski definition) is 0. The summed E-state index contributed by atoms with van der Waals surface area (Å²) in [5, 5.41) is 10.1. The molecule has 186 valence electrons. The molecule has 7 aromatic carbocycles. The molecule has 2 heterocycles. The molecule has 0 atom stereocenters. The Hall–Kier alpha value is -5.34. The molecule has 0 N–H and O–H groups in total. The minimum absolute atomic E-state index is 1.17. The molecule has 0 aliphatic heterocycles. The molecule has 0 saturated carbocycles. The molecule has 9 rings (SSSR count). The molecule has 0 amide bonds. The zero-order valence-corrected chi connectivity index (χ0v) is 21.8. The summed E-state index contributed by atoms with van der Waals surface area (Å²) in [6.45, 7) is 0. The van der Waals surface area contributed by atoms with E-state index in [1.165, 1.54) is 76.5 Å². The maximum absolute atomic E-state index is 2.49. The van der Waals surface area contributed by atoms with E-state index in [1.807, 2.05) is 0 Å². The maximum Gasteiger partial charge on any atom is 0.0788 e. The monoisotopic (exact) mass is 508 g/mol. The third-order valence-electron chi connectivity index (χ3n) is 8.43. The molecule has 0 unspecified atom stereocenters. The summed E-state index contributed by atoms with van der Waals surface area (Å²) >= 11 is 0. The number of aromatic nitrogens is 2. The fraction of sp³-hybridized carbons (Fsp3) is 0. The third kappa shape index (κ3) is 2.93. The standard InChI is InChI=1S/C38H24N2/c1-2-14-29(15-3-1)39-35-17-9-8-16-31(35)32-20-21-33-34-23-27-12-6-7-13-28(27)24-36(34)40(38(33)37(32)39)30-19-18-25-10-4-5-11-26(25)22-30/h1-24H. The Morgan fingerprint density at radius 1 is 0.300 bits per heavy atom. The Kier molecular flexibility index (Phi) is 4.36. The van der Waals surface area contributed by atoms with Gasteiger partial charge in [-0.25, -0.2) is 0 Å². The highest BCUT2D eigenvalue weighted by atomic mass is 15.0. The van der Waals surface area contributed by atoms with Gasteiger partial charge in [-0.1, -0.05) is 103 Å². The van der Waals surface area contributed by atoms with Crippen LogP contribution in [0.2, 0.25) is 0 Å². The van der Waals surface area contributed by atoms with Gasteiger partial charge in [0.15, 0.2) is 0 Å². The highest BCUT2D eigenvalue weighted by Gasteiger charge is 2.21. The zero-order valence-electron chi connectivity index (χ0n) is 21.8. The smallest absolute Gasteiger partial charge is 0.0788 e. The van der Waals surface area contributed by atoms with Crippen molar-refractivity contribution >= 4 is 65.2 Å². The largest absolute Gasteiger partial charge is 0.307 e. The van der Waals surface area contributed by atoms with Gasteiger partial charge in [0.05, 0.1) is 22.1 Å². The normalized spacial score (nSPS) is 12.0. The molecule has 40 heavy (non-hydrogen) atoms. The molecule has 0 aliphatic rings. The van der Waals surface area contributed by atoms with Gasteiger partial charge in [0, 0.05) is 32.9 Å². The van der Waals surface area contributed by atoms with Crippen molar-refractivity contribution in [3.05, 3.63) is 146 Å². The van der Waals surface area contributed by atoms with E-state index in [0.29, 0.717) is 0 Å². The lowest BCUT2D eigenvalue weighted by molar-refractivity contribution is 1.15. The van der Waals surface area contributed by atoms with Crippen molar-refractivity contribution in [2.45, 2.75) is 0 Å². The van der Waals surface area contributed by atoms with Crippen molar-refractivity contribution in [1.29, 1.82) is 0 Å². The Labute approximate surface area is 230 Å². The number of nitrogens with zero attached hydrogens (tertiary/aromatic N) is 2. The van der Waals surface area contributed by atoms with Gasteiger partial charge >= 0.3 is 0 Å². The predicted octanol–water partition coefficient (Wildman–Crippen LogP) is 10.2. The number of benzene rings is 7. The van der Waals surface area contributed by atoms with Crippen LogP contribution in [0.4, 0.5) is 0 Å². The molecule has 0 bridgehead atoms. The van der Waals surface area contributed by atoms with Crippen molar-refractivity contribution < 1.29 is 0 Å². The van der Waals surface area contributed by atoms with E-state index in [0.717, 1.165) is 0 Å². The molecule has 0 aliphatic carbocycles. The lowest BCUT2D eigenvalue weighted by atomic mass is 10.1. The fourth-order valence-corrected chi connectivity index (χ4v) is 6.66. The van der Waals surface area contributed by atoms with Crippen molar-refractivity contribution in [2.75, 3.05) is 0 Å². The first kappa shape index (κ1) is 21.6. The van der Waals surface area contributed by atoms with Crippen LogP contribution in [0.5, 0.6) is 0 Å². The molecule has 2 heteroatoms. The van der Waals surface area contributed by atoms with E-state index in [1.54, 1.807) is 0 Å². The van der Waals surface area contributed by atoms with Crippen molar-refractivity contribution in [2.24, 2.45) is 0 Å². The van der Waals surface area contributed by atoms with E-state index in [4.69, 9.17) is 0 Å². The lowest BCUT2D eigenvalue weighted by Gasteiger charge is -2.13. The molecule has 0 saturated heterocycles. The molecule has 9 aromatic rings. The summed E-state index contributed by atoms with van der Waals surface area (Å²) in [4.78, 5) is 0. The van der Waals surface area contributed by atoms with E-state index in [-0.39, 0.29) is 0 Å². The SMILES string of the molecule is c1ccc(-n2c3ccccc3c3ccc4c5cc6ccccc6cc5n(-c5ccc6ccccc6c5)c4c32)cc1. The Bertz CT molecular complexity index is 2420. The summed E-state index contributed by atoms with van der Waals surface area (Å²) in [5.74, 6) is 0. The average Bonchev–Trinajstić information content (AvgIpc) is 3.52. The molecule has 2 aromatic heterocycles. The predicted molar refractivity (Wildman–Crippen MR) is 170 cm³/mol. The van der Waals surface area contributed by atoms with Crippen LogP contribution in [0.25, 0.3) is 76.5 Å². The van der Waals surface area contributed by atoms with Crippen molar-refractivity contribution in [3.8, 4) is 11.4 Å². The van der Waals surface area contributed by atoms with Crippen LogP contribution in [-0.4, -0.2) is 9.13 Å². The van der Waals surface area contributed by atoms with E-state index in [9.17, 15) is 0 Å². The van der Waals surface area contributed by atoms with Gasteiger partial charge in [-0.3, -0.25) is 0 Å². The summed E-state index contributed by atoms with van der Waals surface area (Å²) in [6.07, 6.45) is 0. The van der Waals surface area contributed by atoms with Crippen LogP contribution in [0.1, 0.15) is 0 Å². The second-order valence-corrected chi connectivity index (χ2v) is 10.6. The third-order valence-corrected chi connectivity index (χ3v) is 8.43. The van der Waals surface area contributed by atoms with Crippen LogP contribution >= 0.6 is 0 Å². The fourth-order valence-electron chi connectivity index (χ4n) is 6.66. The van der Waals surface area contributed by atoms with E-state index >= 15 is 0 Å². The summed E-state index contributed by atoms with van der Waals surface area (Å²) in [6, 6.07) is 53.1. The number of para-hydroxylation sites is 2. The maximum atomic E-state index is 2.49. The van der Waals surface area contributed by atoms with Crippen molar-refractivity contribution in [3.63, 3.8) is 0 Å². The van der Waals surface area contributed by atoms with Gasteiger partial charge in [-0.2, -0.15) is 0 Å². The van der Waals surface area contributed by atoms with Crippen LogP contribution in [0.15, 0.2) is 146 Å². The highest BCUT2D eigenvalue weighted by Crippen LogP contribution is 2.42. The zero-order chi connectivity index (χ0) is 26.2. The molecule has 0 spiro atoms. The van der Waals surface area contributed by atoms with Crippen LogP contribution in [0, 0.1) is 0 Å². The topological polar surface area (TPSA) is 9.86 Å². The first-order valence-electron chi connectivity index (χ1n) is 13.8. The van der Waals surface area contributed by atoms with Gasteiger partial charge in [0.1, 0.15) is 0 Å². The number of fused-ring (bicyclic) bond motifs is 9.